The van der Waals surface area contributed by atoms with Crippen molar-refractivity contribution in [3.05, 3.63) is 40.2 Å². The molecule has 130 valence electrons. The number of rotatable bonds is 3. The minimum atomic E-state index is -1.55. The van der Waals surface area contributed by atoms with E-state index >= 15 is 0 Å². The molecule has 0 radical (unpaired) electrons. The summed E-state index contributed by atoms with van der Waals surface area (Å²) in [4.78, 5) is 11.6. The molecule has 1 aromatic heterocycles. The van der Waals surface area contributed by atoms with Crippen molar-refractivity contribution in [3.8, 4) is 5.75 Å². The molecule has 1 saturated heterocycles. The zero-order chi connectivity index (χ0) is 18.3. The summed E-state index contributed by atoms with van der Waals surface area (Å²) in [7, 11) is 0. The smallest absolute Gasteiger partial charge is 0.336 e. The minimum absolute atomic E-state index is 0.178. The Kier molecular flexibility index (Phi) is 4.21. The van der Waals surface area contributed by atoms with E-state index in [9.17, 15) is 25.2 Å². The van der Waals surface area contributed by atoms with Crippen LogP contribution in [0.2, 0.25) is 0 Å². The molecule has 0 amide bonds. The van der Waals surface area contributed by atoms with E-state index in [1.807, 2.05) is 0 Å². The third kappa shape index (κ3) is 3.02. The topological polar surface area (TPSA) is 130 Å². The van der Waals surface area contributed by atoms with E-state index < -0.39 is 42.9 Å². The molecule has 4 N–H and O–H groups in total. The number of aliphatic hydroxyl groups is 4. The van der Waals surface area contributed by atoms with E-state index in [1.165, 1.54) is 12.1 Å². The first-order chi connectivity index (χ1) is 11.8. The molecule has 1 aliphatic rings. The fourth-order valence-corrected chi connectivity index (χ4v) is 2.61. The number of aliphatic hydroxyl groups excluding tert-OH is 4. The second-order valence-corrected chi connectivity index (χ2v) is 5.61. The number of benzene rings is 1. The van der Waals surface area contributed by atoms with Gasteiger partial charge in [-0.2, -0.15) is 0 Å². The highest BCUT2D eigenvalue weighted by Crippen LogP contribution is 2.27. The average Bonchev–Trinajstić information content (AvgIpc) is 2.60. The summed E-state index contributed by atoms with van der Waals surface area (Å²) in [5.74, 6) is 0.178. The van der Waals surface area contributed by atoms with E-state index in [4.69, 9.17) is 15.3 Å². The van der Waals surface area contributed by atoms with Gasteiger partial charge in [0.25, 0.3) is 0 Å². The van der Waals surface area contributed by atoms with Gasteiger partial charge in [-0.1, -0.05) is 0 Å². The normalized spacial score (nSPS) is 31.0. The van der Waals surface area contributed by atoms with Crippen molar-refractivity contribution in [1.29, 1.82) is 0 Å². The Hall–Kier alpha value is -1.97. The third-order valence-corrected chi connectivity index (χ3v) is 3.95. The number of hydrogen-bond donors (Lipinski definition) is 4. The largest absolute Gasteiger partial charge is 0.462 e. The number of ether oxygens (including phenoxy) is 2. The summed E-state index contributed by atoms with van der Waals surface area (Å²) >= 11 is 0. The maximum absolute atomic E-state index is 11.6. The highest BCUT2D eigenvalue weighted by atomic mass is 16.7. The molecule has 1 fully saturated rings. The number of fused-ring (bicyclic) bond motifs is 1. The fraction of sp³-hybridized carbons (Fsp3) is 0.438. The Bertz CT molecular complexity index is 833. The molecule has 0 aliphatic carbocycles. The molecular formula is C16H18O8. The number of hydrogen-bond acceptors (Lipinski definition) is 8. The zero-order valence-electron chi connectivity index (χ0n) is 13.7. The SMILES string of the molecule is [2H]c1c(C)c2ccc(OC3O[C@H](CO)[C@@H](O)[C@H](O)[C@H]3O)cc2oc1=O. The van der Waals surface area contributed by atoms with Crippen molar-refractivity contribution < 1.29 is 35.7 Å². The molecule has 8 nitrogen and oxygen atoms in total. The fourth-order valence-electron chi connectivity index (χ4n) is 2.61. The van der Waals surface area contributed by atoms with Crippen LogP contribution >= 0.6 is 0 Å². The Labute approximate surface area is 137 Å². The Balaban J connectivity index is 1.90. The van der Waals surface area contributed by atoms with Gasteiger partial charge in [0.2, 0.25) is 6.29 Å². The monoisotopic (exact) mass is 339 g/mol. The van der Waals surface area contributed by atoms with Crippen LogP contribution in [-0.2, 0) is 4.74 Å². The highest BCUT2D eigenvalue weighted by Gasteiger charge is 2.44. The molecule has 8 heteroatoms. The van der Waals surface area contributed by atoms with Gasteiger partial charge in [-0.25, -0.2) is 4.79 Å². The lowest BCUT2D eigenvalue weighted by Gasteiger charge is -2.39. The standard InChI is InChI=1S/C16H18O8/c1-7-4-12(18)23-10-5-8(2-3-9(7)10)22-16-15(21)14(20)13(19)11(6-17)24-16/h2-5,11,13-17,19-21H,6H2,1H3/t11-,13-,14+,15-,16?/m1/s1/i4D. The van der Waals surface area contributed by atoms with Crippen LogP contribution < -0.4 is 10.4 Å². The molecule has 5 atom stereocenters. The van der Waals surface area contributed by atoms with Gasteiger partial charge in [0.1, 0.15) is 35.7 Å². The summed E-state index contributed by atoms with van der Waals surface area (Å²) in [5, 5.41) is 39.2. The minimum Gasteiger partial charge on any atom is -0.462 e. The summed E-state index contributed by atoms with van der Waals surface area (Å²) in [5.41, 5.74) is -0.124. The van der Waals surface area contributed by atoms with Gasteiger partial charge in [0.05, 0.1) is 7.98 Å². The second-order valence-electron chi connectivity index (χ2n) is 5.61. The molecule has 24 heavy (non-hydrogen) atoms. The Morgan fingerprint density at radius 1 is 1.25 bits per heavy atom. The van der Waals surface area contributed by atoms with Crippen LogP contribution in [0.5, 0.6) is 5.75 Å². The predicted molar refractivity (Wildman–Crippen MR) is 81.6 cm³/mol. The summed E-state index contributed by atoms with van der Waals surface area (Å²) in [6.07, 6.45) is -7.00. The van der Waals surface area contributed by atoms with Crippen LogP contribution in [0.4, 0.5) is 0 Å². The van der Waals surface area contributed by atoms with Crippen LogP contribution in [-0.4, -0.2) is 57.7 Å². The summed E-state index contributed by atoms with van der Waals surface area (Å²) in [6, 6.07) is 4.28. The molecule has 0 bridgehead atoms. The van der Waals surface area contributed by atoms with Crippen molar-refractivity contribution >= 4 is 11.0 Å². The van der Waals surface area contributed by atoms with Crippen molar-refractivity contribution in [1.82, 2.24) is 0 Å². The third-order valence-electron chi connectivity index (χ3n) is 3.95. The Morgan fingerprint density at radius 3 is 2.71 bits per heavy atom. The molecule has 0 saturated carbocycles. The quantitative estimate of drug-likeness (QED) is 0.539. The number of aryl methyl sites for hydroxylation is 1. The molecule has 1 aliphatic heterocycles. The molecular weight excluding hydrogens is 320 g/mol. The predicted octanol–water partition coefficient (Wildman–Crippen LogP) is -0.720. The maximum Gasteiger partial charge on any atom is 0.336 e. The first-order valence-electron chi connectivity index (χ1n) is 7.84. The summed E-state index contributed by atoms with van der Waals surface area (Å²) in [6.45, 7) is 1.06. The van der Waals surface area contributed by atoms with E-state index in [1.54, 1.807) is 13.0 Å². The van der Waals surface area contributed by atoms with Gasteiger partial charge >= 0.3 is 5.63 Å². The first kappa shape index (κ1) is 15.6. The van der Waals surface area contributed by atoms with E-state index in [2.05, 4.69) is 0 Å². The van der Waals surface area contributed by atoms with Gasteiger partial charge in [0.15, 0.2) is 0 Å². The van der Waals surface area contributed by atoms with Crippen LogP contribution in [0.3, 0.4) is 0 Å². The van der Waals surface area contributed by atoms with Crippen LogP contribution in [0.15, 0.2) is 33.5 Å². The molecule has 3 rings (SSSR count). The van der Waals surface area contributed by atoms with Gasteiger partial charge < -0.3 is 34.3 Å². The highest BCUT2D eigenvalue weighted by molar-refractivity contribution is 5.81. The van der Waals surface area contributed by atoms with E-state index in [0.29, 0.717) is 10.9 Å². The molecule has 2 aromatic rings. The van der Waals surface area contributed by atoms with Gasteiger partial charge in [-0.3, -0.25) is 0 Å². The first-order valence-corrected chi connectivity index (χ1v) is 7.34. The lowest BCUT2D eigenvalue weighted by atomic mass is 9.99. The van der Waals surface area contributed by atoms with Gasteiger partial charge in [-0.15, -0.1) is 0 Å². The molecule has 0 spiro atoms. The van der Waals surface area contributed by atoms with Gasteiger partial charge in [0, 0.05) is 17.5 Å². The molecule has 1 unspecified atom stereocenters. The van der Waals surface area contributed by atoms with E-state index in [0.717, 1.165) is 0 Å². The Morgan fingerprint density at radius 2 is 2.00 bits per heavy atom. The van der Waals surface area contributed by atoms with Gasteiger partial charge in [-0.05, 0) is 24.6 Å². The maximum atomic E-state index is 11.6. The molecule has 2 heterocycles. The second kappa shape index (κ2) is 6.50. The van der Waals surface area contributed by atoms with Crippen molar-refractivity contribution in [2.24, 2.45) is 0 Å². The van der Waals surface area contributed by atoms with E-state index in [-0.39, 0.29) is 17.4 Å². The lowest BCUT2D eigenvalue weighted by molar-refractivity contribution is -0.277. The van der Waals surface area contributed by atoms with Crippen molar-refractivity contribution in [3.63, 3.8) is 0 Å². The average molecular weight is 339 g/mol. The van der Waals surface area contributed by atoms with Crippen molar-refractivity contribution in [2.45, 2.75) is 37.6 Å². The zero-order valence-corrected chi connectivity index (χ0v) is 12.7. The van der Waals surface area contributed by atoms with Crippen LogP contribution in [0.1, 0.15) is 6.93 Å². The van der Waals surface area contributed by atoms with Crippen LogP contribution in [0.25, 0.3) is 11.0 Å². The lowest BCUT2D eigenvalue weighted by Crippen LogP contribution is -2.60. The summed E-state index contributed by atoms with van der Waals surface area (Å²) < 4.78 is 23.4. The molecule has 1 aromatic carbocycles. The van der Waals surface area contributed by atoms with Crippen molar-refractivity contribution in [2.75, 3.05) is 6.61 Å². The van der Waals surface area contributed by atoms with Crippen LogP contribution in [0, 0.1) is 6.92 Å².